The summed E-state index contributed by atoms with van der Waals surface area (Å²) in [5, 5.41) is 2.96. The Labute approximate surface area is 98.4 Å². The Morgan fingerprint density at radius 1 is 1.47 bits per heavy atom. The minimum Gasteiger partial charge on any atom is -0.301 e. The Hall–Kier alpha value is -1.75. The highest BCUT2D eigenvalue weighted by Crippen LogP contribution is 2.11. The lowest BCUT2D eigenvalue weighted by atomic mass is 10.2. The second-order valence-corrected chi connectivity index (χ2v) is 4.06. The summed E-state index contributed by atoms with van der Waals surface area (Å²) in [6.07, 6.45) is 0.171. The van der Waals surface area contributed by atoms with Crippen LogP contribution in [0.15, 0.2) is 24.3 Å². The molecular weight excluding hydrogens is 223 g/mol. The molecule has 0 radical (unpaired) electrons. The van der Waals surface area contributed by atoms with Crippen molar-refractivity contribution in [3.05, 3.63) is 35.6 Å². The van der Waals surface area contributed by atoms with Crippen molar-refractivity contribution < 1.29 is 14.0 Å². The van der Waals surface area contributed by atoms with Crippen LogP contribution in [0.4, 0.5) is 4.39 Å². The molecule has 1 unspecified atom stereocenters. The van der Waals surface area contributed by atoms with Crippen molar-refractivity contribution in [3.63, 3.8) is 0 Å². The fourth-order valence-corrected chi connectivity index (χ4v) is 1.80. The van der Waals surface area contributed by atoms with Gasteiger partial charge in [0.25, 0.3) is 0 Å². The normalized spacial score (nSPS) is 20.1. The molecule has 1 atom stereocenters. The number of nitrogens with one attached hydrogen (secondary N) is 1. The molecule has 1 aromatic carbocycles. The molecule has 1 N–H and O–H groups in total. The van der Waals surface area contributed by atoms with Crippen molar-refractivity contribution in [1.29, 1.82) is 0 Å². The fraction of sp³-hybridized carbons (Fsp3) is 0.333. The second kappa shape index (κ2) is 4.63. The van der Waals surface area contributed by atoms with Gasteiger partial charge < -0.3 is 5.32 Å². The number of hydrogen-bond donors (Lipinski definition) is 1. The van der Waals surface area contributed by atoms with Gasteiger partial charge in [0, 0.05) is 13.6 Å². The van der Waals surface area contributed by atoms with Crippen LogP contribution in [0.1, 0.15) is 12.0 Å². The van der Waals surface area contributed by atoms with Gasteiger partial charge in [0.1, 0.15) is 5.82 Å². The first-order valence-corrected chi connectivity index (χ1v) is 5.36. The molecule has 1 aliphatic rings. The molecule has 1 aliphatic heterocycles. The van der Waals surface area contributed by atoms with Crippen molar-refractivity contribution in [3.8, 4) is 0 Å². The van der Waals surface area contributed by atoms with Crippen LogP contribution in [0.2, 0.25) is 0 Å². The summed E-state index contributed by atoms with van der Waals surface area (Å²) in [4.78, 5) is 24.0. The molecule has 4 nitrogen and oxygen atoms in total. The summed E-state index contributed by atoms with van der Waals surface area (Å²) < 4.78 is 12.9. The molecule has 0 spiro atoms. The number of amides is 2. The van der Waals surface area contributed by atoms with E-state index in [1.807, 2.05) is 0 Å². The molecule has 17 heavy (non-hydrogen) atoms. The Morgan fingerprint density at radius 3 is 2.82 bits per heavy atom. The van der Waals surface area contributed by atoms with E-state index in [4.69, 9.17) is 0 Å². The van der Waals surface area contributed by atoms with Crippen molar-refractivity contribution in [2.45, 2.75) is 19.0 Å². The zero-order valence-electron chi connectivity index (χ0n) is 9.44. The lowest BCUT2D eigenvalue weighted by molar-refractivity contribution is -0.137. The molecule has 2 rings (SSSR count). The van der Waals surface area contributed by atoms with Crippen LogP contribution in [0.25, 0.3) is 0 Å². The zero-order chi connectivity index (χ0) is 12.4. The van der Waals surface area contributed by atoms with Crippen LogP contribution in [-0.2, 0) is 16.1 Å². The molecule has 1 saturated heterocycles. The minimum absolute atomic E-state index is 0.171. The molecule has 1 fully saturated rings. The third kappa shape index (κ3) is 2.50. The molecular formula is C12H13FN2O2. The van der Waals surface area contributed by atoms with Gasteiger partial charge in [0.2, 0.25) is 11.8 Å². The van der Waals surface area contributed by atoms with Gasteiger partial charge in [-0.1, -0.05) is 12.1 Å². The highest BCUT2D eigenvalue weighted by molar-refractivity contribution is 6.05. The minimum atomic E-state index is -0.490. The number of carbonyl (C=O) groups excluding carboxylic acids is 2. The number of likely N-dealkylation sites (N-methyl/N-ethyl adjacent to an activating group) is 1. The van der Waals surface area contributed by atoms with Gasteiger partial charge in [0.15, 0.2) is 0 Å². The first kappa shape index (κ1) is 11.7. The monoisotopic (exact) mass is 236 g/mol. The third-order valence-corrected chi connectivity index (χ3v) is 2.82. The molecule has 1 aromatic rings. The summed E-state index contributed by atoms with van der Waals surface area (Å²) in [7, 11) is 1.47. The van der Waals surface area contributed by atoms with Gasteiger partial charge in [-0.2, -0.15) is 0 Å². The summed E-state index contributed by atoms with van der Waals surface area (Å²) in [5.41, 5.74) is 0.750. The number of hydrogen-bond acceptors (Lipinski definition) is 3. The summed E-state index contributed by atoms with van der Waals surface area (Å²) >= 11 is 0. The Balaban J connectivity index is 1.95. The average Bonchev–Trinajstić information content (AvgIpc) is 2.54. The van der Waals surface area contributed by atoms with E-state index in [1.54, 1.807) is 12.1 Å². The van der Waals surface area contributed by atoms with E-state index in [9.17, 15) is 14.0 Å². The number of imide groups is 1. The molecule has 0 bridgehead atoms. The van der Waals surface area contributed by atoms with E-state index in [-0.39, 0.29) is 24.1 Å². The van der Waals surface area contributed by atoms with Crippen LogP contribution < -0.4 is 5.32 Å². The van der Waals surface area contributed by atoms with Crippen molar-refractivity contribution in [1.82, 2.24) is 10.2 Å². The van der Waals surface area contributed by atoms with Crippen LogP contribution in [0, 0.1) is 5.82 Å². The molecule has 90 valence electrons. The van der Waals surface area contributed by atoms with Crippen LogP contribution >= 0.6 is 0 Å². The lowest BCUT2D eigenvalue weighted by Crippen LogP contribution is -2.36. The maximum Gasteiger partial charge on any atom is 0.246 e. The average molecular weight is 236 g/mol. The van der Waals surface area contributed by atoms with Gasteiger partial charge in [-0.05, 0) is 17.7 Å². The van der Waals surface area contributed by atoms with E-state index in [0.29, 0.717) is 6.54 Å². The smallest absolute Gasteiger partial charge is 0.246 e. The van der Waals surface area contributed by atoms with Crippen LogP contribution in [-0.4, -0.2) is 29.8 Å². The Kier molecular flexibility index (Phi) is 3.19. The predicted molar refractivity (Wildman–Crippen MR) is 59.4 cm³/mol. The van der Waals surface area contributed by atoms with E-state index < -0.39 is 6.04 Å². The highest BCUT2D eigenvalue weighted by atomic mass is 19.1. The Morgan fingerprint density at radius 2 is 2.24 bits per heavy atom. The number of carbonyl (C=O) groups is 2. The predicted octanol–water partition coefficient (Wildman–Crippen LogP) is 0.673. The maximum atomic E-state index is 12.9. The van der Waals surface area contributed by atoms with Gasteiger partial charge in [0.05, 0.1) is 12.5 Å². The quantitative estimate of drug-likeness (QED) is 0.785. The standard InChI is InChI=1S/C12H13FN2O2/c1-15-11(16)6-10(12(15)17)14-7-8-3-2-4-9(13)5-8/h2-5,10,14H,6-7H2,1H3. The topological polar surface area (TPSA) is 49.4 Å². The van der Waals surface area contributed by atoms with Crippen molar-refractivity contribution >= 4 is 11.8 Å². The number of halogens is 1. The van der Waals surface area contributed by atoms with E-state index in [1.165, 1.54) is 19.2 Å². The fourth-order valence-electron chi connectivity index (χ4n) is 1.80. The number of rotatable bonds is 3. The molecule has 0 saturated carbocycles. The van der Waals surface area contributed by atoms with Gasteiger partial charge in [-0.15, -0.1) is 0 Å². The van der Waals surface area contributed by atoms with Crippen LogP contribution in [0.5, 0.6) is 0 Å². The van der Waals surface area contributed by atoms with Crippen LogP contribution in [0.3, 0.4) is 0 Å². The molecule has 1 heterocycles. The lowest BCUT2D eigenvalue weighted by Gasteiger charge is -2.10. The molecule has 2 amide bonds. The van der Waals surface area contributed by atoms with Gasteiger partial charge >= 0.3 is 0 Å². The number of benzene rings is 1. The molecule has 0 aliphatic carbocycles. The second-order valence-electron chi connectivity index (χ2n) is 4.06. The van der Waals surface area contributed by atoms with E-state index >= 15 is 0 Å². The SMILES string of the molecule is CN1C(=O)CC(NCc2cccc(F)c2)C1=O. The third-order valence-electron chi connectivity index (χ3n) is 2.82. The summed E-state index contributed by atoms with van der Waals surface area (Å²) in [6, 6.07) is 5.65. The largest absolute Gasteiger partial charge is 0.301 e. The molecule has 5 heteroatoms. The Bertz CT molecular complexity index is 462. The highest BCUT2D eigenvalue weighted by Gasteiger charge is 2.35. The zero-order valence-corrected chi connectivity index (χ0v) is 9.44. The van der Waals surface area contributed by atoms with E-state index in [2.05, 4.69) is 5.32 Å². The maximum absolute atomic E-state index is 12.9. The molecule has 0 aromatic heterocycles. The van der Waals surface area contributed by atoms with Crippen molar-refractivity contribution in [2.24, 2.45) is 0 Å². The summed E-state index contributed by atoms with van der Waals surface area (Å²) in [6.45, 7) is 0.370. The summed E-state index contributed by atoms with van der Waals surface area (Å²) in [5.74, 6) is -0.728. The number of likely N-dealkylation sites (tertiary alicyclic amines) is 1. The first-order chi connectivity index (χ1) is 8.08. The van der Waals surface area contributed by atoms with E-state index in [0.717, 1.165) is 10.5 Å². The van der Waals surface area contributed by atoms with Gasteiger partial charge in [-0.25, -0.2) is 4.39 Å². The van der Waals surface area contributed by atoms with Gasteiger partial charge in [-0.3, -0.25) is 14.5 Å². The first-order valence-electron chi connectivity index (χ1n) is 5.36. The number of nitrogens with zero attached hydrogens (tertiary/aromatic N) is 1. The van der Waals surface area contributed by atoms with Crippen molar-refractivity contribution in [2.75, 3.05) is 7.05 Å².